The maximum atomic E-state index is 12.6. The lowest BCUT2D eigenvalue weighted by molar-refractivity contribution is 0.304. The summed E-state index contributed by atoms with van der Waals surface area (Å²) in [5, 5.41) is 13.9. The molecule has 0 aliphatic carbocycles. The highest BCUT2D eigenvalue weighted by Gasteiger charge is 2.11. The summed E-state index contributed by atoms with van der Waals surface area (Å²) in [4.78, 5) is 20.7. The molecule has 0 unspecified atom stereocenters. The zero-order valence-electron chi connectivity index (χ0n) is 14.4. The fourth-order valence-corrected chi connectivity index (χ4v) is 3.52. The number of aromatic nitrogens is 2. The molecule has 0 fully saturated rings. The Morgan fingerprint density at radius 1 is 1.32 bits per heavy atom. The third kappa shape index (κ3) is 3.47. The van der Waals surface area contributed by atoms with Gasteiger partial charge in [0.1, 0.15) is 11.2 Å². The van der Waals surface area contributed by atoms with Gasteiger partial charge in [-0.25, -0.2) is 4.98 Å². The Bertz CT molecular complexity index is 973. The zero-order chi connectivity index (χ0) is 18.0. The lowest BCUT2D eigenvalue weighted by atomic mass is 10.2. The number of anilines is 1. The molecule has 1 N–H and O–H groups in total. The Hall–Kier alpha value is -2.51. The van der Waals surface area contributed by atoms with E-state index in [2.05, 4.69) is 10.1 Å². The van der Waals surface area contributed by atoms with Gasteiger partial charge in [0.25, 0.3) is 5.56 Å². The van der Waals surface area contributed by atoms with Gasteiger partial charge in [-0.2, -0.15) is 9.78 Å². The summed E-state index contributed by atoms with van der Waals surface area (Å²) < 4.78 is 1.27. The summed E-state index contributed by atoms with van der Waals surface area (Å²) in [6.07, 6.45) is 3.10. The van der Waals surface area contributed by atoms with E-state index in [0.717, 1.165) is 26.5 Å². The van der Waals surface area contributed by atoms with Gasteiger partial charge >= 0.3 is 0 Å². The number of hydrogen-bond donors (Lipinski definition) is 1. The molecule has 0 atom stereocenters. The Labute approximate surface area is 149 Å². The van der Waals surface area contributed by atoms with Crippen molar-refractivity contribution in [1.82, 2.24) is 9.66 Å². The van der Waals surface area contributed by atoms with Crippen LogP contribution in [0.15, 0.2) is 40.5 Å². The van der Waals surface area contributed by atoms with Crippen LogP contribution in [0.25, 0.3) is 10.2 Å². The Morgan fingerprint density at radius 2 is 2.04 bits per heavy atom. The van der Waals surface area contributed by atoms with Crippen LogP contribution in [0, 0.1) is 13.8 Å². The molecule has 7 heteroatoms. The maximum Gasteiger partial charge on any atom is 0.282 e. The molecule has 2 heterocycles. The minimum Gasteiger partial charge on any atom is -0.395 e. The number of fused-ring (bicyclic) bond motifs is 1. The van der Waals surface area contributed by atoms with E-state index < -0.39 is 0 Å². The van der Waals surface area contributed by atoms with Crippen molar-refractivity contribution >= 4 is 33.5 Å². The van der Waals surface area contributed by atoms with Crippen molar-refractivity contribution in [3.63, 3.8) is 0 Å². The number of likely N-dealkylation sites (N-methyl/N-ethyl adjacent to an activating group) is 1. The molecule has 0 aliphatic heterocycles. The van der Waals surface area contributed by atoms with Crippen LogP contribution in [0.5, 0.6) is 0 Å². The van der Waals surface area contributed by atoms with E-state index >= 15 is 0 Å². The molecule has 1 aromatic carbocycles. The quantitative estimate of drug-likeness (QED) is 0.713. The molecule has 0 aliphatic rings. The average molecular weight is 356 g/mol. The fraction of sp³-hybridized carbons (Fsp3) is 0.278. The summed E-state index contributed by atoms with van der Waals surface area (Å²) >= 11 is 1.53. The molecule has 3 aromatic rings. The van der Waals surface area contributed by atoms with Crippen LogP contribution in [-0.2, 0) is 0 Å². The van der Waals surface area contributed by atoms with E-state index in [1.54, 1.807) is 6.21 Å². The summed E-state index contributed by atoms with van der Waals surface area (Å²) in [5.41, 5.74) is 2.71. The molecule has 0 bridgehead atoms. The van der Waals surface area contributed by atoms with Crippen molar-refractivity contribution in [3.05, 3.63) is 57.0 Å². The van der Waals surface area contributed by atoms with Crippen LogP contribution in [0.4, 0.5) is 5.69 Å². The van der Waals surface area contributed by atoms with Gasteiger partial charge in [-0.05, 0) is 37.1 Å². The molecular weight excluding hydrogens is 336 g/mol. The number of aryl methyl sites for hydroxylation is 2. The van der Waals surface area contributed by atoms with Gasteiger partial charge in [0.05, 0.1) is 18.2 Å². The van der Waals surface area contributed by atoms with Crippen molar-refractivity contribution in [2.24, 2.45) is 5.10 Å². The van der Waals surface area contributed by atoms with Gasteiger partial charge in [-0.3, -0.25) is 4.79 Å². The van der Waals surface area contributed by atoms with Crippen LogP contribution in [0.3, 0.4) is 0 Å². The summed E-state index contributed by atoms with van der Waals surface area (Å²) in [5.74, 6) is 0. The lowest BCUT2D eigenvalue weighted by Crippen LogP contribution is -2.20. The van der Waals surface area contributed by atoms with Crippen LogP contribution >= 0.6 is 11.3 Å². The monoisotopic (exact) mass is 356 g/mol. The molecule has 0 saturated carbocycles. The van der Waals surface area contributed by atoms with Crippen molar-refractivity contribution in [2.75, 3.05) is 25.1 Å². The molecule has 0 spiro atoms. The van der Waals surface area contributed by atoms with Crippen LogP contribution < -0.4 is 10.5 Å². The Morgan fingerprint density at radius 3 is 2.72 bits per heavy atom. The number of benzene rings is 1. The number of aliphatic hydroxyl groups is 1. The lowest BCUT2D eigenvalue weighted by Gasteiger charge is -2.17. The summed E-state index contributed by atoms with van der Waals surface area (Å²) in [7, 11) is 1.92. The third-order valence-electron chi connectivity index (χ3n) is 4.17. The van der Waals surface area contributed by atoms with Gasteiger partial charge in [-0.15, -0.1) is 11.3 Å². The highest BCUT2D eigenvalue weighted by Crippen LogP contribution is 2.25. The van der Waals surface area contributed by atoms with Gasteiger partial charge in [-0.1, -0.05) is 12.1 Å². The maximum absolute atomic E-state index is 12.6. The van der Waals surface area contributed by atoms with E-state index in [1.165, 1.54) is 22.3 Å². The average Bonchev–Trinajstić information content (AvgIpc) is 2.90. The molecule has 0 saturated heterocycles. The molecule has 3 rings (SSSR count). The van der Waals surface area contributed by atoms with Crippen molar-refractivity contribution < 1.29 is 5.11 Å². The number of rotatable bonds is 5. The van der Waals surface area contributed by atoms with E-state index in [-0.39, 0.29) is 12.2 Å². The molecule has 25 heavy (non-hydrogen) atoms. The standard InChI is InChI=1S/C18H20N4O2S/c1-12-13(2)25-17-16(12)18(24)22(11-19-17)20-10-14-4-6-15(7-5-14)21(3)8-9-23/h4-7,10-11,23H,8-9H2,1-3H3/b20-10+. The minimum atomic E-state index is -0.151. The SMILES string of the molecule is Cc1sc2ncn(/N=C/c3ccc(N(C)CCO)cc3)c(=O)c2c1C. The molecule has 6 nitrogen and oxygen atoms in total. The highest BCUT2D eigenvalue weighted by atomic mass is 32.1. The van der Waals surface area contributed by atoms with Gasteiger partial charge in [0, 0.05) is 24.2 Å². The van der Waals surface area contributed by atoms with Gasteiger partial charge in [0.2, 0.25) is 0 Å². The predicted molar refractivity (Wildman–Crippen MR) is 103 cm³/mol. The fourth-order valence-electron chi connectivity index (χ4n) is 2.53. The second kappa shape index (κ2) is 7.16. The second-order valence-corrected chi connectivity index (χ2v) is 7.04. The summed E-state index contributed by atoms with van der Waals surface area (Å²) in [6, 6.07) is 7.74. The van der Waals surface area contributed by atoms with E-state index in [9.17, 15) is 4.79 Å². The first-order chi connectivity index (χ1) is 12.0. The van der Waals surface area contributed by atoms with Gasteiger partial charge < -0.3 is 10.0 Å². The molecular formula is C18H20N4O2S. The number of nitrogens with zero attached hydrogens (tertiary/aromatic N) is 4. The number of thiophene rings is 1. The normalized spacial score (nSPS) is 11.5. The molecule has 0 radical (unpaired) electrons. The first-order valence-electron chi connectivity index (χ1n) is 7.95. The minimum absolute atomic E-state index is 0.111. The van der Waals surface area contributed by atoms with Gasteiger partial charge in [0.15, 0.2) is 0 Å². The number of hydrogen-bond acceptors (Lipinski definition) is 6. The van der Waals surface area contributed by atoms with E-state index in [4.69, 9.17) is 5.11 Å². The zero-order valence-corrected chi connectivity index (χ0v) is 15.2. The molecule has 0 amide bonds. The Balaban J connectivity index is 1.87. The van der Waals surface area contributed by atoms with Crippen molar-refractivity contribution in [1.29, 1.82) is 0 Å². The van der Waals surface area contributed by atoms with Crippen molar-refractivity contribution in [3.8, 4) is 0 Å². The summed E-state index contributed by atoms with van der Waals surface area (Å²) in [6.45, 7) is 4.62. The smallest absolute Gasteiger partial charge is 0.282 e. The van der Waals surface area contributed by atoms with Crippen molar-refractivity contribution in [2.45, 2.75) is 13.8 Å². The molecule has 130 valence electrons. The van der Waals surface area contributed by atoms with E-state index in [0.29, 0.717) is 11.9 Å². The third-order valence-corrected chi connectivity index (χ3v) is 5.29. The first kappa shape index (κ1) is 17.3. The largest absolute Gasteiger partial charge is 0.395 e. The highest BCUT2D eigenvalue weighted by molar-refractivity contribution is 7.18. The predicted octanol–water partition coefficient (Wildman–Crippen LogP) is 2.39. The van der Waals surface area contributed by atoms with Crippen LogP contribution in [0.1, 0.15) is 16.0 Å². The van der Waals surface area contributed by atoms with E-state index in [1.807, 2.05) is 50.1 Å². The topological polar surface area (TPSA) is 70.7 Å². The number of aliphatic hydroxyl groups excluding tert-OH is 1. The second-order valence-electron chi connectivity index (χ2n) is 5.84. The van der Waals surface area contributed by atoms with Crippen LogP contribution in [0.2, 0.25) is 0 Å². The molecule has 2 aromatic heterocycles. The first-order valence-corrected chi connectivity index (χ1v) is 8.76. The Kier molecular flexibility index (Phi) is 4.96. The van der Waals surface area contributed by atoms with Crippen LogP contribution in [-0.4, -0.2) is 41.2 Å².